The molecule has 0 aromatic heterocycles. The zero-order valence-electron chi connectivity index (χ0n) is 9.94. The van der Waals surface area contributed by atoms with E-state index in [0.29, 0.717) is 6.07 Å². The molecule has 0 heterocycles. The fraction of sp³-hybridized carbons (Fsp3) is 0.455. The van der Waals surface area contributed by atoms with E-state index >= 15 is 0 Å². The molecule has 0 aliphatic carbocycles. The first-order chi connectivity index (χ1) is 8.43. The van der Waals surface area contributed by atoms with Gasteiger partial charge < -0.3 is 5.11 Å². The highest BCUT2D eigenvalue weighted by molar-refractivity contribution is 7.89. The van der Waals surface area contributed by atoms with Gasteiger partial charge in [-0.05, 0) is 24.6 Å². The van der Waals surface area contributed by atoms with Crippen LogP contribution in [0.4, 0.5) is 8.78 Å². The number of aliphatic hydroxyl groups excluding tert-OH is 1. The molecule has 0 aliphatic rings. The van der Waals surface area contributed by atoms with Crippen molar-refractivity contribution in [1.29, 1.82) is 0 Å². The highest BCUT2D eigenvalue weighted by Gasteiger charge is 2.26. The van der Waals surface area contributed by atoms with Gasteiger partial charge >= 0.3 is 0 Å². The molecular weight excluding hydrogens is 264 g/mol. The number of hydrogen-bond donors (Lipinski definition) is 1. The third kappa shape index (κ3) is 3.24. The zero-order chi connectivity index (χ0) is 13.8. The molecule has 0 saturated heterocycles. The Balaban J connectivity index is 3.14. The fourth-order valence-corrected chi connectivity index (χ4v) is 3.07. The highest BCUT2D eigenvalue weighted by Crippen LogP contribution is 2.20. The molecule has 0 atom stereocenters. The Bertz CT molecular complexity index is 505. The molecule has 0 amide bonds. The molecule has 1 aromatic carbocycles. The van der Waals surface area contributed by atoms with Crippen LogP contribution < -0.4 is 0 Å². The average molecular weight is 279 g/mol. The second-order valence-electron chi connectivity index (χ2n) is 3.65. The standard InChI is InChI=1S/C11H15F2NO3S/c1-2-14(6-3-7-15)18(16,17)11-8-9(12)4-5-10(11)13/h4-5,8,15H,2-3,6-7H2,1H3. The maximum Gasteiger partial charge on any atom is 0.246 e. The number of halogens is 2. The van der Waals surface area contributed by atoms with Gasteiger partial charge in [0.1, 0.15) is 16.5 Å². The van der Waals surface area contributed by atoms with E-state index in [1.807, 2.05) is 0 Å². The Morgan fingerprint density at radius 2 is 2.00 bits per heavy atom. The predicted octanol–water partition coefficient (Wildman–Crippen LogP) is 1.36. The minimum atomic E-state index is -4.07. The van der Waals surface area contributed by atoms with Crippen LogP contribution in [-0.4, -0.2) is 37.5 Å². The van der Waals surface area contributed by atoms with Gasteiger partial charge in [-0.1, -0.05) is 6.92 Å². The summed E-state index contributed by atoms with van der Waals surface area (Å²) in [5, 5.41) is 8.69. The van der Waals surface area contributed by atoms with Crippen LogP contribution in [0.5, 0.6) is 0 Å². The molecule has 1 aromatic rings. The van der Waals surface area contributed by atoms with Gasteiger partial charge in [0.2, 0.25) is 10.0 Å². The first-order valence-corrected chi connectivity index (χ1v) is 6.93. The number of nitrogens with zero attached hydrogens (tertiary/aromatic N) is 1. The quantitative estimate of drug-likeness (QED) is 0.855. The van der Waals surface area contributed by atoms with E-state index in [1.54, 1.807) is 6.92 Å². The van der Waals surface area contributed by atoms with Gasteiger partial charge in [0.25, 0.3) is 0 Å². The number of rotatable bonds is 6. The Morgan fingerprint density at radius 1 is 1.33 bits per heavy atom. The minimum absolute atomic E-state index is 0.0608. The van der Waals surface area contributed by atoms with Crippen molar-refractivity contribution in [3.8, 4) is 0 Å². The van der Waals surface area contributed by atoms with Gasteiger partial charge in [-0.3, -0.25) is 0 Å². The van der Waals surface area contributed by atoms with Gasteiger partial charge in [-0.15, -0.1) is 0 Å². The second-order valence-corrected chi connectivity index (χ2v) is 5.55. The summed E-state index contributed by atoms with van der Waals surface area (Å²) in [7, 11) is -4.07. The van der Waals surface area contributed by atoms with Crippen molar-refractivity contribution in [2.24, 2.45) is 0 Å². The third-order valence-corrected chi connectivity index (χ3v) is 4.42. The first kappa shape index (κ1) is 15.0. The van der Waals surface area contributed by atoms with Crippen molar-refractivity contribution < 1.29 is 22.3 Å². The lowest BCUT2D eigenvalue weighted by atomic mass is 10.3. The van der Waals surface area contributed by atoms with Crippen molar-refractivity contribution in [3.05, 3.63) is 29.8 Å². The van der Waals surface area contributed by atoms with Crippen LogP contribution in [0, 0.1) is 11.6 Å². The lowest BCUT2D eigenvalue weighted by Crippen LogP contribution is -2.33. The molecule has 7 heteroatoms. The van der Waals surface area contributed by atoms with Gasteiger partial charge in [-0.25, -0.2) is 17.2 Å². The normalized spacial score (nSPS) is 12.1. The Morgan fingerprint density at radius 3 is 2.56 bits per heavy atom. The maximum absolute atomic E-state index is 13.5. The zero-order valence-corrected chi connectivity index (χ0v) is 10.8. The van der Waals surface area contributed by atoms with E-state index in [4.69, 9.17) is 5.11 Å². The number of sulfonamides is 1. The smallest absolute Gasteiger partial charge is 0.246 e. The van der Waals surface area contributed by atoms with E-state index in [2.05, 4.69) is 0 Å². The summed E-state index contributed by atoms with van der Waals surface area (Å²) in [6.07, 6.45) is 0.240. The van der Waals surface area contributed by atoms with Crippen molar-refractivity contribution >= 4 is 10.0 Å². The predicted molar refractivity (Wildman–Crippen MR) is 62.5 cm³/mol. The fourth-order valence-electron chi connectivity index (χ4n) is 1.51. The molecule has 4 nitrogen and oxygen atoms in total. The molecule has 102 valence electrons. The summed E-state index contributed by atoms with van der Waals surface area (Å²) in [5.41, 5.74) is 0. The molecule has 0 fully saturated rings. The largest absolute Gasteiger partial charge is 0.396 e. The first-order valence-electron chi connectivity index (χ1n) is 5.49. The topological polar surface area (TPSA) is 57.6 Å². The Kier molecular flexibility index (Phi) is 5.18. The molecule has 1 N–H and O–H groups in total. The van der Waals surface area contributed by atoms with E-state index in [-0.39, 0.29) is 26.1 Å². The van der Waals surface area contributed by atoms with Crippen molar-refractivity contribution in [2.45, 2.75) is 18.2 Å². The molecule has 0 bridgehead atoms. The minimum Gasteiger partial charge on any atom is -0.396 e. The summed E-state index contributed by atoms with van der Waals surface area (Å²) in [5.74, 6) is -1.80. The molecule has 1 rings (SSSR count). The summed E-state index contributed by atoms with van der Waals surface area (Å²) >= 11 is 0. The second kappa shape index (κ2) is 6.21. The van der Waals surface area contributed by atoms with E-state index < -0.39 is 26.6 Å². The van der Waals surface area contributed by atoms with Crippen molar-refractivity contribution in [1.82, 2.24) is 4.31 Å². The van der Waals surface area contributed by atoms with Crippen molar-refractivity contribution in [3.63, 3.8) is 0 Å². The maximum atomic E-state index is 13.5. The number of hydrogen-bond acceptors (Lipinski definition) is 3. The molecule has 0 radical (unpaired) electrons. The monoisotopic (exact) mass is 279 g/mol. The van der Waals surface area contributed by atoms with Crippen LogP contribution in [0.2, 0.25) is 0 Å². The molecule has 0 saturated carbocycles. The van der Waals surface area contributed by atoms with Crippen LogP contribution in [-0.2, 0) is 10.0 Å². The van der Waals surface area contributed by atoms with Crippen LogP contribution >= 0.6 is 0 Å². The third-order valence-electron chi connectivity index (χ3n) is 2.43. The van der Waals surface area contributed by atoms with Gasteiger partial charge in [0.05, 0.1) is 0 Å². The van der Waals surface area contributed by atoms with Gasteiger partial charge in [0.15, 0.2) is 0 Å². The van der Waals surface area contributed by atoms with E-state index in [9.17, 15) is 17.2 Å². The molecular formula is C11H15F2NO3S. The number of aliphatic hydroxyl groups is 1. The lowest BCUT2D eigenvalue weighted by Gasteiger charge is -2.20. The van der Waals surface area contributed by atoms with Gasteiger partial charge in [0, 0.05) is 19.7 Å². The van der Waals surface area contributed by atoms with Crippen LogP contribution in [0.15, 0.2) is 23.1 Å². The lowest BCUT2D eigenvalue weighted by molar-refractivity contribution is 0.271. The van der Waals surface area contributed by atoms with Crippen LogP contribution in [0.25, 0.3) is 0 Å². The molecule has 18 heavy (non-hydrogen) atoms. The average Bonchev–Trinajstić information content (AvgIpc) is 2.33. The molecule has 0 unspecified atom stereocenters. The highest BCUT2D eigenvalue weighted by atomic mass is 32.2. The Labute approximate surface area is 105 Å². The summed E-state index contributed by atoms with van der Waals surface area (Å²) in [4.78, 5) is -0.678. The van der Waals surface area contributed by atoms with E-state index in [1.165, 1.54) is 0 Å². The van der Waals surface area contributed by atoms with Crippen LogP contribution in [0.1, 0.15) is 13.3 Å². The summed E-state index contributed by atoms with van der Waals surface area (Å²) in [6, 6.07) is 2.30. The Hall–Kier alpha value is -1.05. The molecule has 0 aliphatic heterocycles. The van der Waals surface area contributed by atoms with Crippen molar-refractivity contribution in [2.75, 3.05) is 19.7 Å². The number of benzene rings is 1. The summed E-state index contributed by atoms with van der Waals surface area (Å²) < 4.78 is 51.6. The summed E-state index contributed by atoms with van der Waals surface area (Å²) in [6.45, 7) is 1.60. The molecule has 0 spiro atoms. The van der Waals surface area contributed by atoms with Crippen LogP contribution in [0.3, 0.4) is 0 Å². The van der Waals surface area contributed by atoms with E-state index in [0.717, 1.165) is 16.4 Å². The van der Waals surface area contributed by atoms with Gasteiger partial charge in [-0.2, -0.15) is 4.31 Å². The SMILES string of the molecule is CCN(CCCO)S(=O)(=O)c1cc(F)ccc1F.